The molecule has 1 aromatic rings. The van der Waals surface area contributed by atoms with E-state index in [2.05, 4.69) is 11.2 Å². The molecule has 0 spiro atoms. The lowest BCUT2D eigenvalue weighted by atomic mass is 10.2. The van der Waals surface area contributed by atoms with Gasteiger partial charge in [0.05, 0.1) is 6.10 Å². The molecule has 0 radical (unpaired) electrons. The summed E-state index contributed by atoms with van der Waals surface area (Å²) in [5.41, 5.74) is 1.22. The number of aryl methyl sites for hydroxylation is 1. The number of aliphatic hydroxyl groups is 1. The van der Waals surface area contributed by atoms with Crippen molar-refractivity contribution in [2.75, 3.05) is 19.7 Å². The van der Waals surface area contributed by atoms with Crippen molar-refractivity contribution in [3.8, 4) is 18.1 Å². The molecular weight excluding hydrogens is 214 g/mol. The third-order valence-electron chi connectivity index (χ3n) is 2.38. The molecule has 17 heavy (non-hydrogen) atoms. The lowest BCUT2D eigenvalue weighted by Crippen LogP contribution is -2.11. The van der Waals surface area contributed by atoms with Gasteiger partial charge in [-0.05, 0) is 32.0 Å². The molecule has 0 saturated carbocycles. The Bertz CT molecular complexity index is 347. The fourth-order valence-corrected chi connectivity index (χ4v) is 1.40. The summed E-state index contributed by atoms with van der Waals surface area (Å²) >= 11 is 0. The summed E-state index contributed by atoms with van der Waals surface area (Å²) in [6.07, 6.45) is 5.90. The molecule has 1 atom stereocenters. The van der Waals surface area contributed by atoms with Crippen LogP contribution in [0.2, 0.25) is 0 Å². The van der Waals surface area contributed by atoms with Crippen molar-refractivity contribution in [1.82, 2.24) is 5.32 Å². The predicted molar refractivity (Wildman–Crippen MR) is 69.0 cm³/mol. The molecule has 2 rings (SSSR count). The average Bonchev–Trinajstić information content (AvgIpc) is 2.80. The Labute approximate surface area is 103 Å². The van der Waals surface area contributed by atoms with Crippen LogP contribution in [0.25, 0.3) is 0 Å². The summed E-state index contributed by atoms with van der Waals surface area (Å²) in [5.74, 6) is 3.24. The highest BCUT2D eigenvalue weighted by Crippen LogP contribution is 2.10. The molecule has 0 amide bonds. The minimum Gasteiger partial charge on any atom is -0.481 e. The predicted octanol–water partition coefficient (Wildman–Crippen LogP) is 1.35. The largest absolute Gasteiger partial charge is 0.481 e. The Morgan fingerprint density at radius 3 is 2.59 bits per heavy atom. The quantitative estimate of drug-likeness (QED) is 0.758. The van der Waals surface area contributed by atoms with Crippen molar-refractivity contribution in [3.05, 3.63) is 29.8 Å². The first-order valence-corrected chi connectivity index (χ1v) is 5.74. The van der Waals surface area contributed by atoms with Gasteiger partial charge in [0.25, 0.3) is 0 Å². The van der Waals surface area contributed by atoms with Crippen LogP contribution in [0.3, 0.4) is 0 Å². The molecule has 3 heteroatoms. The van der Waals surface area contributed by atoms with E-state index >= 15 is 0 Å². The summed E-state index contributed by atoms with van der Waals surface area (Å²) in [6.45, 7) is 4.15. The van der Waals surface area contributed by atoms with Gasteiger partial charge in [-0.25, -0.2) is 0 Å². The Hall–Kier alpha value is -1.50. The molecule has 1 saturated heterocycles. The zero-order chi connectivity index (χ0) is 12.5. The van der Waals surface area contributed by atoms with Crippen LogP contribution in [0, 0.1) is 19.3 Å². The topological polar surface area (TPSA) is 41.5 Å². The van der Waals surface area contributed by atoms with Crippen LogP contribution in [-0.2, 0) is 0 Å². The molecule has 1 aliphatic rings. The average molecular weight is 233 g/mol. The SMILES string of the molecule is C#CCOc1ccc(C)cc1.OC1CCNC1. The van der Waals surface area contributed by atoms with Crippen molar-refractivity contribution < 1.29 is 9.84 Å². The molecule has 0 bridgehead atoms. The van der Waals surface area contributed by atoms with Crippen molar-refractivity contribution in [1.29, 1.82) is 0 Å². The van der Waals surface area contributed by atoms with E-state index in [1.54, 1.807) is 0 Å². The summed E-state index contributed by atoms with van der Waals surface area (Å²) in [4.78, 5) is 0. The summed E-state index contributed by atoms with van der Waals surface area (Å²) < 4.78 is 5.17. The first kappa shape index (κ1) is 13.6. The first-order chi connectivity index (χ1) is 8.22. The normalized spacial score (nSPS) is 17.8. The lowest BCUT2D eigenvalue weighted by Gasteiger charge is -2.00. The molecule has 0 aromatic heterocycles. The van der Waals surface area contributed by atoms with Gasteiger partial charge in [0.15, 0.2) is 0 Å². The van der Waals surface area contributed by atoms with Gasteiger partial charge < -0.3 is 15.2 Å². The number of rotatable bonds is 2. The van der Waals surface area contributed by atoms with Crippen LogP contribution in [0.5, 0.6) is 5.75 Å². The first-order valence-electron chi connectivity index (χ1n) is 5.74. The lowest BCUT2D eigenvalue weighted by molar-refractivity contribution is 0.196. The maximum Gasteiger partial charge on any atom is 0.148 e. The van der Waals surface area contributed by atoms with Gasteiger partial charge in [0, 0.05) is 6.54 Å². The third-order valence-corrected chi connectivity index (χ3v) is 2.38. The van der Waals surface area contributed by atoms with Gasteiger partial charge in [-0.3, -0.25) is 0 Å². The highest BCUT2D eigenvalue weighted by atomic mass is 16.5. The van der Waals surface area contributed by atoms with Crippen LogP contribution >= 0.6 is 0 Å². The van der Waals surface area contributed by atoms with Crippen LogP contribution in [0.4, 0.5) is 0 Å². The summed E-state index contributed by atoms with van der Waals surface area (Å²) in [5, 5.41) is 11.7. The van der Waals surface area contributed by atoms with E-state index in [0.717, 1.165) is 25.3 Å². The second-order valence-electron chi connectivity index (χ2n) is 3.95. The Balaban J connectivity index is 0.000000202. The number of ether oxygens (including phenoxy) is 1. The van der Waals surface area contributed by atoms with Crippen LogP contribution in [-0.4, -0.2) is 30.9 Å². The smallest absolute Gasteiger partial charge is 0.148 e. The number of β-amino-alcohol motifs (C(OH)–C–C–N with tert-alkyl or cyclic N) is 1. The molecule has 1 aliphatic heterocycles. The zero-order valence-corrected chi connectivity index (χ0v) is 10.1. The van der Waals surface area contributed by atoms with E-state index in [0.29, 0.717) is 6.61 Å². The standard InChI is InChI=1S/C10H10O.C4H9NO/c1-3-8-11-10-6-4-9(2)5-7-10;6-4-1-2-5-3-4/h1,4-7H,8H2,2H3;4-6H,1-3H2. The molecule has 92 valence electrons. The molecule has 1 heterocycles. The van der Waals surface area contributed by atoms with Crippen LogP contribution in [0.15, 0.2) is 24.3 Å². The Kier molecular flexibility index (Phi) is 6.16. The highest BCUT2D eigenvalue weighted by molar-refractivity contribution is 5.26. The summed E-state index contributed by atoms with van der Waals surface area (Å²) in [6, 6.07) is 7.80. The monoisotopic (exact) mass is 233 g/mol. The van der Waals surface area contributed by atoms with Crippen molar-refractivity contribution in [2.45, 2.75) is 19.4 Å². The van der Waals surface area contributed by atoms with E-state index in [1.165, 1.54) is 5.56 Å². The fraction of sp³-hybridized carbons (Fsp3) is 0.429. The van der Waals surface area contributed by atoms with E-state index < -0.39 is 0 Å². The number of aliphatic hydroxyl groups excluding tert-OH is 1. The van der Waals surface area contributed by atoms with Crippen molar-refractivity contribution in [2.24, 2.45) is 0 Å². The molecule has 2 N–H and O–H groups in total. The number of hydrogen-bond acceptors (Lipinski definition) is 3. The summed E-state index contributed by atoms with van der Waals surface area (Å²) in [7, 11) is 0. The van der Waals surface area contributed by atoms with Gasteiger partial charge in [0.2, 0.25) is 0 Å². The molecule has 1 unspecified atom stereocenters. The number of terminal acetylenes is 1. The minimum absolute atomic E-state index is 0.0648. The molecule has 3 nitrogen and oxygen atoms in total. The minimum atomic E-state index is -0.0648. The number of benzene rings is 1. The van der Waals surface area contributed by atoms with Crippen LogP contribution in [0.1, 0.15) is 12.0 Å². The Morgan fingerprint density at radius 1 is 1.47 bits per heavy atom. The fourth-order valence-electron chi connectivity index (χ4n) is 1.40. The van der Waals surface area contributed by atoms with Crippen molar-refractivity contribution >= 4 is 0 Å². The van der Waals surface area contributed by atoms with E-state index in [1.807, 2.05) is 31.2 Å². The molecule has 0 aliphatic carbocycles. The molecule has 1 fully saturated rings. The van der Waals surface area contributed by atoms with Gasteiger partial charge in [-0.1, -0.05) is 23.6 Å². The number of hydrogen-bond donors (Lipinski definition) is 2. The van der Waals surface area contributed by atoms with Gasteiger partial charge in [-0.15, -0.1) is 6.42 Å². The Morgan fingerprint density at radius 2 is 2.18 bits per heavy atom. The zero-order valence-electron chi connectivity index (χ0n) is 10.1. The highest BCUT2D eigenvalue weighted by Gasteiger charge is 2.08. The van der Waals surface area contributed by atoms with Gasteiger partial charge >= 0.3 is 0 Å². The third kappa shape index (κ3) is 5.96. The molecular formula is C14H19NO2. The van der Waals surface area contributed by atoms with Crippen LogP contribution < -0.4 is 10.1 Å². The van der Waals surface area contributed by atoms with Gasteiger partial charge in [0.1, 0.15) is 12.4 Å². The van der Waals surface area contributed by atoms with E-state index in [-0.39, 0.29) is 6.10 Å². The maximum atomic E-state index is 8.67. The second kappa shape index (κ2) is 7.72. The number of nitrogens with one attached hydrogen (secondary N) is 1. The maximum absolute atomic E-state index is 8.67. The van der Waals surface area contributed by atoms with Crippen molar-refractivity contribution in [3.63, 3.8) is 0 Å². The molecule has 1 aromatic carbocycles. The van der Waals surface area contributed by atoms with E-state index in [9.17, 15) is 0 Å². The second-order valence-corrected chi connectivity index (χ2v) is 3.95. The van der Waals surface area contributed by atoms with Gasteiger partial charge in [-0.2, -0.15) is 0 Å². The van der Waals surface area contributed by atoms with E-state index in [4.69, 9.17) is 16.3 Å².